The molecule has 3 aliphatic heterocycles. The molecule has 0 aromatic heterocycles. The third-order valence-corrected chi connectivity index (χ3v) is 8.16. The summed E-state index contributed by atoms with van der Waals surface area (Å²) in [5, 5.41) is 5.98. The van der Waals surface area contributed by atoms with E-state index in [-0.39, 0.29) is 65.7 Å². The van der Waals surface area contributed by atoms with Crippen molar-refractivity contribution in [2.45, 2.75) is 129 Å². The Hall–Kier alpha value is -2.49. The maximum atomic E-state index is 12.5. The third kappa shape index (κ3) is 11.0. The van der Waals surface area contributed by atoms with Crippen molar-refractivity contribution < 1.29 is 33.3 Å². The fourth-order valence-corrected chi connectivity index (χ4v) is 5.48. The van der Waals surface area contributed by atoms with Crippen molar-refractivity contribution >= 4 is 17.8 Å². The fourth-order valence-electron chi connectivity index (χ4n) is 5.48. The lowest BCUT2D eigenvalue weighted by Gasteiger charge is -2.39. The van der Waals surface area contributed by atoms with E-state index in [1.807, 2.05) is 13.8 Å². The number of carbonyl (C=O) groups excluding carboxylic acids is 3. The van der Waals surface area contributed by atoms with Gasteiger partial charge in [-0.25, -0.2) is 0 Å². The SMILES string of the molecule is CCCNC(=O)C[C@@H]1C[C@@]2(CO2)C[C@@H](/C=C/C(C)=C/C[C@@H]2O[C@H](C)[C@H](NC(=O)/C=C\[C@H](C)OC(=O)C(C)C)C[C@@H]2C)O1. The second-order valence-corrected chi connectivity index (χ2v) is 12.6. The first-order valence-corrected chi connectivity index (χ1v) is 15.7. The van der Waals surface area contributed by atoms with Crippen molar-refractivity contribution in [3.63, 3.8) is 0 Å². The molecule has 0 aromatic rings. The monoisotopic (exact) mass is 588 g/mol. The van der Waals surface area contributed by atoms with E-state index in [0.29, 0.717) is 13.0 Å². The first kappa shape index (κ1) is 34.0. The smallest absolute Gasteiger partial charge is 0.308 e. The molecule has 0 aliphatic carbocycles. The lowest BCUT2D eigenvalue weighted by Crippen LogP contribution is -2.50. The third-order valence-electron chi connectivity index (χ3n) is 8.16. The van der Waals surface area contributed by atoms with Gasteiger partial charge in [-0.1, -0.05) is 51.5 Å². The van der Waals surface area contributed by atoms with Gasteiger partial charge in [-0.3, -0.25) is 14.4 Å². The molecule has 0 radical (unpaired) electrons. The van der Waals surface area contributed by atoms with Crippen LogP contribution in [-0.4, -0.2) is 73.1 Å². The van der Waals surface area contributed by atoms with Crippen LogP contribution >= 0.6 is 0 Å². The van der Waals surface area contributed by atoms with Gasteiger partial charge in [0.05, 0.1) is 55.0 Å². The van der Waals surface area contributed by atoms with Crippen LogP contribution in [0.4, 0.5) is 0 Å². The summed E-state index contributed by atoms with van der Waals surface area (Å²) in [7, 11) is 0. The van der Waals surface area contributed by atoms with E-state index in [4.69, 9.17) is 18.9 Å². The second-order valence-electron chi connectivity index (χ2n) is 12.6. The Balaban J connectivity index is 1.45. The van der Waals surface area contributed by atoms with E-state index in [1.54, 1.807) is 26.8 Å². The number of esters is 1. The van der Waals surface area contributed by atoms with Crippen molar-refractivity contribution in [3.8, 4) is 0 Å². The van der Waals surface area contributed by atoms with Gasteiger partial charge in [0.2, 0.25) is 11.8 Å². The number of ether oxygens (including phenoxy) is 4. The van der Waals surface area contributed by atoms with E-state index in [0.717, 1.165) is 44.3 Å². The quantitative estimate of drug-likeness (QED) is 0.140. The van der Waals surface area contributed by atoms with Gasteiger partial charge in [-0.2, -0.15) is 0 Å². The van der Waals surface area contributed by atoms with Crippen molar-refractivity contribution in [1.82, 2.24) is 10.6 Å². The molecule has 0 aromatic carbocycles. The van der Waals surface area contributed by atoms with Gasteiger partial charge < -0.3 is 29.6 Å². The highest BCUT2D eigenvalue weighted by Gasteiger charge is 2.51. The number of hydrogen-bond donors (Lipinski definition) is 2. The highest BCUT2D eigenvalue weighted by Crippen LogP contribution is 2.43. The van der Waals surface area contributed by atoms with E-state index in [9.17, 15) is 14.4 Å². The molecule has 0 saturated carbocycles. The van der Waals surface area contributed by atoms with E-state index in [2.05, 4.69) is 42.7 Å². The Labute approximate surface area is 251 Å². The van der Waals surface area contributed by atoms with Crippen LogP contribution in [0.15, 0.2) is 36.0 Å². The summed E-state index contributed by atoms with van der Waals surface area (Å²) < 4.78 is 23.6. The molecule has 1 spiro atoms. The van der Waals surface area contributed by atoms with Gasteiger partial charge >= 0.3 is 5.97 Å². The number of nitrogens with one attached hydrogen (secondary N) is 2. The Bertz CT molecular complexity index is 1020. The largest absolute Gasteiger partial charge is 0.458 e. The minimum atomic E-state index is -0.468. The molecule has 9 heteroatoms. The molecule has 42 heavy (non-hydrogen) atoms. The van der Waals surface area contributed by atoms with E-state index < -0.39 is 6.10 Å². The number of hydrogen-bond acceptors (Lipinski definition) is 7. The number of amides is 2. The van der Waals surface area contributed by atoms with Gasteiger partial charge in [-0.05, 0) is 52.0 Å². The zero-order chi connectivity index (χ0) is 30.9. The highest BCUT2D eigenvalue weighted by molar-refractivity contribution is 5.87. The minimum absolute atomic E-state index is 0.0337. The van der Waals surface area contributed by atoms with Crippen LogP contribution in [0.5, 0.6) is 0 Å². The molecule has 236 valence electrons. The Morgan fingerprint density at radius 3 is 2.50 bits per heavy atom. The molecule has 9 nitrogen and oxygen atoms in total. The molecule has 3 fully saturated rings. The average Bonchev–Trinajstić information content (AvgIpc) is 3.67. The molecule has 8 atom stereocenters. The van der Waals surface area contributed by atoms with Gasteiger partial charge in [0, 0.05) is 25.5 Å². The first-order chi connectivity index (χ1) is 19.9. The van der Waals surface area contributed by atoms with Crippen molar-refractivity contribution in [2.75, 3.05) is 13.2 Å². The molecule has 3 saturated heterocycles. The number of epoxide rings is 1. The lowest BCUT2D eigenvalue weighted by atomic mass is 9.88. The van der Waals surface area contributed by atoms with Crippen LogP contribution in [0, 0.1) is 11.8 Å². The molecule has 3 rings (SSSR count). The van der Waals surface area contributed by atoms with Crippen LogP contribution < -0.4 is 10.6 Å². The van der Waals surface area contributed by atoms with Crippen LogP contribution in [0.2, 0.25) is 0 Å². The molecule has 2 N–H and O–H groups in total. The molecule has 3 heterocycles. The summed E-state index contributed by atoms with van der Waals surface area (Å²) in [4.78, 5) is 36.4. The highest BCUT2D eigenvalue weighted by atomic mass is 16.6. The van der Waals surface area contributed by atoms with E-state index >= 15 is 0 Å². The Morgan fingerprint density at radius 1 is 1.10 bits per heavy atom. The summed E-state index contributed by atoms with van der Waals surface area (Å²) in [5.41, 5.74) is 0.992. The van der Waals surface area contributed by atoms with Crippen molar-refractivity contribution in [1.29, 1.82) is 0 Å². The predicted octanol–water partition coefficient (Wildman–Crippen LogP) is 4.55. The van der Waals surface area contributed by atoms with Crippen LogP contribution in [0.3, 0.4) is 0 Å². The number of carbonyl (C=O) groups is 3. The van der Waals surface area contributed by atoms with Crippen LogP contribution in [0.1, 0.15) is 87.0 Å². The fraction of sp³-hybridized carbons (Fsp3) is 0.727. The van der Waals surface area contributed by atoms with Crippen LogP contribution in [0.25, 0.3) is 0 Å². The van der Waals surface area contributed by atoms with Gasteiger partial charge in [-0.15, -0.1) is 0 Å². The zero-order valence-corrected chi connectivity index (χ0v) is 26.5. The average molecular weight is 589 g/mol. The summed E-state index contributed by atoms with van der Waals surface area (Å²) in [5.74, 6) is -0.420. The molecule has 0 unspecified atom stereocenters. The number of rotatable bonds is 13. The van der Waals surface area contributed by atoms with Gasteiger partial charge in [0.15, 0.2) is 0 Å². The van der Waals surface area contributed by atoms with Crippen molar-refractivity contribution in [3.05, 3.63) is 36.0 Å². The second kappa shape index (κ2) is 15.8. The molecular formula is C33H52N2O7. The Kier molecular flexibility index (Phi) is 12.8. The summed E-state index contributed by atoms with van der Waals surface area (Å²) in [6, 6.07) is -0.0932. The maximum Gasteiger partial charge on any atom is 0.308 e. The molecular weight excluding hydrogens is 536 g/mol. The standard InChI is InChI=1S/C33H52N2O7/c1-8-15-34-31(37)17-27-19-33(20-39-33)18-26(42-27)12-9-22(4)10-13-29-23(5)16-28(25(7)41-29)35-30(36)14-11-24(6)40-32(38)21(2)3/h9-12,14,21,23-29H,8,13,15-20H2,1-7H3,(H,34,37)(H,35,36)/b12-9+,14-11-,22-10+/t23-,24-,25+,26+,27+,28+,29-,33+/m0/s1. The normalized spacial score (nSPS) is 32.3. The van der Waals surface area contributed by atoms with Crippen molar-refractivity contribution in [2.24, 2.45) is 11.8 Å². The molecule has 3 aliphatic rings. The van der Waals surface area contributed by atoms with Gasteiger partial charge in [0.1, 0.15) is 6.10 Å². The van der Waals surface area contributed by atoms with Crippen LogP contribution in [-0.2, 0) is 33.3 Å². The molecule has 0 bridgehead atoms. The summed E-state index contributed by atoms with van der Waals surface area (Å²) in [6.45, 7) is 15.0. The van der Waals surface area contributed by atoms with Gasteiger partial charge in [0.25, 0.3) is 0 Å². The predicted molar refractivity (Wildman–Crippen MR) is 162 cm³/mol. The Morgan fingerprint density at radius 2 is 1.83 bits per heavy atom. The zero-order valence-electron chi connectivity index (χ0n) is 26.5. The summed E-state index contributed by atoms with van der Waals surface area (Å²) in [6.07, 6.45) is 13.1. The number of allylic oxidation sites excluding steroid dienone is 2. The molecule has 2 amide bonds. The maximum absolute atomic E-state index is 12.5. The summed E-state index contributed by atoms with van der Waals surface area (Å²) >= 11 is 0. The topological polar surface area (TPSA) is 115 Å². The minimum Gasteiger partial charge on any atom is -0.458 e. The first-order valence-electron chi connectivity index (χ1n) is 15.7. The lowest BCUT2D eigenvalue weighted by molar-refractivity contribution is -0.150. The van der Waals surface area contributed by atoms with E-state index in [1.165, 1.54) is 6.08 Å².